The summed E-state index contributed by atoms with van der Waals surface area (Å²) in [5.41, 5.74) is 1.53. The molecule has 4 fully saturated rings. The Morgan fingerprint density at radius 3 is 2.59 bits per heavy atom. The summed E-state index contributed by atoms with van der Waals surface area (Å²) in [7, 11) is 0. The fraction of sp³-hybridized carbons (Fsp3) is 0.833. The van der Waals surface area contributed by atoms with E-state index in [1.807, 2.05) is 0 Å². The fourth-order valence-electron chi connectivity index (χ4n) is 8.10. The molecule has 2 bridgehead atoms. The Hall–Kier alpha value is -1.36. The number of carbonyl (C=O) groups excluding carboxylic acids is 1. The predicted octanol–water partition coefficient (Wildman–Crippen LogP) is 4.33. The van der Waals surface area contributed by atoms with Gasteiger partial charge in [-0.15, -0.1) is 0 Å². The van der Waals surface area contributed by atoms with Gasteiger partial charge in [-0.1, -0.05) is 26.0 Å². The molecule has 0 amide bonds. The monoisotopic (exact) mass is 404 g/mol. The number of hydrogen-bond acceptors (Lipinski definition) is 4. The largest absolute Gasteiger partial charge is 0.481 e. The average molecular weight is 405 g/mol. The summed E-state index contributed by atoms with van der Waals surface area (Å²) < 4.78 is 5.54. The maximum absolute atomic E-state index is 12.1. The van der Waals surface area contributed by atoms with Gasteiger partial charge in [0.25, 0.3) is 0 Å². The lowest BCUT2D eigenvalue weighted by atomic mass is 9.40. The molecule has 5 nitrogen and oxygen atoms in total. The molecule has 0 aromatic heterocycles. The number of rotatable bonds is 5. The summed E-state index contributed by atoms with van der Waals surface area (Å²) >= 11 is 0. The van der Waals surface area contributed by atoms with Gasteiger partial charge in [0.2, 0.25) is 0 Å². The molecule has 0 radical (unpaired) electrons. The van der Waals surface area contributed by atoms with Crippen LogP contribution < -0.4 is 0 Å². The zero-order valence-electron chi connectivity index (χ0n) is 17.9. The summed E-state index contributed by atoms with van der Waals surface area (Å²) in [6.45, 7) is 9.09. The molecule has 4 aliphatic rings. The smallest absolute Gasteiger partial charge is 0.306 e. The lowest BCUT2D eigenvalue weighted by Crippen LogP contribution is -2.61. The molecule has 4 saturated carbocycles. The first kappa shape index (κ1) is 20.9. The average Bonchev–Trinajstić information content (AvgIpc) is 2.90. The van der Waals surface area contributed by atoms with E-state index in [9.17, 15) is 14.7 Å². The van der Waals surface area contributed by atoms with E-state index in [-0.39, 0.29) is 24.9 Å². The fourth-order valence-corrected chi connectivity index (χ4v) is 8.10. The van der Waals surface area contributed by atoms with Gasteiger partial charge >= 0.3 is 11.9 Å². The highest BCUT2D eigenvalue weighted by atomic mass is 16.5. The van der Waals surface area contributed by atoms with E-state index in [1.54, 1.807) is 0 Å². The van der Waals surface area contributed by atoms with Crippen LogP contribution in [0.1, 0.15) is 78.1 Å². The van der Waals surface area contributed by atoms with Gasteiger partial charge in [0.15, 0.2) is 0 Å². The van der Waals surface area contributed by atoms with E-state index in [0.29, 0.717) is 23.2 Å². The molecule has 4 rings (SSSR count). The van der Waals surface area contributed by atoms with Crippen LogP contribution in [0.2, 0.25) is 0 Å². The summed E-state index contributed by atoms with van der Waals surface area (Å²) in [6.07, 6.45) is 8.17. The Morgan fingerprint density at radius 1 is 1.10 bits per heavy atom. The molecule has 29 heavy (non-hydrogen) atoms. The third-order valence-corrected chi connectivity index (χ3v) is 9.48. The third-order valence-electron chi connectivity index (χ3n) is 9.48. The number of aliphatic hydroxyl groups is 1. The lowest BCUT2D eigenvalue weighted by Gasteiger charge is -2.65. The zero-order chi connectivity index (χ0) is 21.0. The third kappa shape index (κ3) is 3.24. The number of ether oxygens (including phenoxy) is 1. The molecule has 0 aromatic rings. The van der Waals surface area contributed by atoms with Crippen LogP contribution in [0, 0.1) is 34.0 Å². The topological polar surface area (TPSA) is 83.8 Å². The maximum Gasteiger partial charge on any atom is 0.306 e. The lowest BCUT2D eigenvalue weighted by molar-refractivity contribution is -0.204. The quantitative estimate of drug-likeness (QED) is 0.526. The summed E-state index contributed by atoms with van der Waals surface area (Å²) in [5, 5.41) is 19.8. The van der Waals surface area contributed by atoms with Crippen molar-refractivity contribution in [2.24, 2.45) is 34.0 Å². The van der Waals surface area contributed by atoms with Crippen LogP contribution in [0.3, 0.4) is 0 Å². The standard InChI is InChI=1S/C24H36O5/c1-15-12-24-11-8-17-22(2,18(24)5-4-16(15)13-24)10-9-19(25)23(17,3)14-29-21(28)7-6-20(26)27/h16-19,25H,1,4-14H2,2-3H3,(H,26,27)/t16-,17+,18+,19-,22-,23-,24-/m0/s1. The minimum atomic E-state index is -0.996. The Balaban J connectivity index is 1.54. The molecule has 1 spiro atoms. The number of aliphatic carboxylic acids is 1. The SMILES string of the molecule is C=C1C[C@]23CC[C@H]4[C@](C)(COC(=O)CCC(=O)O)[C@@H](O)CC[C@]4(C)[C@H]2CC[C@H]1C3. The first-order valence-electron chi connectivity index (χ1n) is 11.3. The molecule has 0 saturated heterocycles. The molecule has 4 aliphatic carbocycles. The van der Waals surface area contributed by atoms with Crippen molar-refractivity contribution in [1.82, 2.24) is 0 Å². The molecule has 162 valence electrons. The van der Waals surface area contributed by atoms with Gasteiger partial charge < -0.3 is 14.9 Å². The van der Waals surface area contributed by atoms with Gasteiger partial charge in [-0.25, -0.2) is 0 Å². The van der Waals surface area contributed by atoms with Crippen molar-refractivity contribution in [3.05, 3.63) is 12.2 Å². The molecular weight excluding hydrogens is 368 g/mol. The van der Waals surface area contributed by atoms with Crippen molar-refractivity contribution in [3.8, 4) is 0 Å². The second-order valence-corrected chi connectivity index (χ2v) is 10.9. The second-order valence-electron chi connectivity index (χ2n) is 10.9. The molecule has 0 aliphatic heterocycles. The van der Waals surface area contributed by atoms with Crippen LogP contribution >= 0.6 is 0 Å². The first-order chi connectivity index (χ1) is 13.6. The van der Waals surface area contributed by atoms with E-state index in [1.165, 1.54) is 37.7 Å². The van der Waals surface area contributed by atoms with Crippen molar-refractivity contribution in [3.63, 3.8) is 0 Å². The zero-order valence-corrected chi connectivity index (χ0v) is 17.9. The van der Waals surface area contributed by atoms with E-state index in [4.69, 9.17) is 9.84 Å². The molecule has 0 unspecified atom stereocenters. The van der Waals surface area contributed by atoms with Gasteiger partial charge in [0.05, 0.1) is 25.6 Å². The number of allylic oxidation sites excluding steroid dienone is 1. The Morgan fingerprint density at radius 2 is 1.86 bits per heavy atom. The van der Waals surface area contributed by atoms with Crippen molar-refractivity contribution in [2.75, 3.05) is 6.61 Å². The number of hydrogen-bond donors (Lipinski definition) is 2. The Bertz CT molecular complexity index is 716. The van der Waals surface area contributed by atoms with Crippen molar-refractivity contribution < 1.29 is 24.5 Å². The second kappa shape index (κ2) is 7.11. The molecule has 7 atom stereocenters. The Labute approximate surface area is 173 Å². The van der Waals surface area contributed by atoms with Crippen LogP contribution in [0.25, 0.3) is 0 Å². The minimum Gasteiger partial charge on any atom is -0.481 e. The maximum atomic E-state index is 12.1. The number of fused-ring (bicyclic) bond motifs is 3. The van der Waals surface area contributed by atoms with Crippen LogP contribution in [0.5, 0.6) is 0 Å². The van der Waals surface area contributed by atoms with Gasteiger partial charge in [-0.3, -0.25) is 9.59 Å². The molecular formula is C24H36O5. The summed E-state index contributed by atoms with van der Waals surface area (Å²) in [5.74, 6) is 0.200. The molecule has 0 aromatic carbocycles. The summed E-state index contributed by atoms with van der Waals surface area (Å²) in [4.78, 5) is 22.8. The molecule has 2 N–H and O–H groups in total. The summed E-state index contributed by atoms with van der Waals surface area (Å²) in [6, 6.07) is 0. The first-order valence-corrected chi connectivity index (χ1v) is 11.3. The van der Waals surface area contributed by atoms with E-state index in [0.717, 1.165) is 19.3 Å². The van der Waals surface area contributed by atoms with E-state index >= 15 is 0 Å². The van der Waals surface area contributed by atoms with E-state index in [2.05, 4.69) is 20.4 Å². The van der Waals surface area contributed by atoms with Crippen molar-refractivity contribution in [1.29, 1.82) is 0 Å². The number of aliphatic hydroxyl groups excluding tert-OH is 1. The van der Waals surface area contributed by atoms with Crippen LogP contribution in [-0.2, 0) is 14.3 Å². The molecule has 5 heteroatoms. The number of esters is 1. The predicted molar refractivity (Wildman–Crippen MR) is 109 cm³/mol. The van der Waals surface area contributed by atoms with Crippen LogP contribution in [0.15, 0.2) is 12.2 Å². The van der Waals surface area contributed by atoms with E-state index < -0.39 is 23.5 Å². The van der Waals surface area contributed by atoms with Crippen LogP contribution in [-0.4, -0.2) is 34.9 Å². The molecule has 0 heterocycles. The highest BCUT2D eigenvalue weighted by molar-refractivity contribution is 5.76. The van der Waals surface area contributed by atoms with Crippen LogP contribution in [0.4, 0.5) is 0 Å². The number of carbonyl (C=O) groups is 2. The van der Waals surface area contributed by atoms with Gasteiger partial charge in [-0.2, -0.15) is 0 Å². The van der Waals surface area contributed by atoms with Gasteiger partial charge in [0.1, 0.15) is 0 Å². The van der Waals surface area contributed by atoms with Gasteiger partial charge in [-0.05, 0) is 80.0 Å². The number of carboxylic acid groups (broad SMARTS) is 1. The normalized spacial score (nSPS) is 46.0. The minimum absolute atomic E-state index is 0.112. The van der Waals surface area contributed by atoms with Gasteiger partial charge in [0, 0.05) is 5.41 Å². The highest BCUT2D eigenvalue weighted by Crippen LogP contribution is 2.72. The Kier molecular flexibility index (Phi) is 5.12. The highest BCUT2D eigenvalue weighted by Gasteiger charge is 2.65. The number of carboxylic acids is 1. The van der Waals surface area contributed by atoms with Crippen molar-refractivity contribution >= 4 is 11.9 Å². The van der Waals surface area contributed by atoms with Crippen molar-refractivity contribution in [2.45, 2.75) is 84.2 Å².